The largest absolute Gasteiger partial charge is 0.358 e. The van der Waals surface area contributed by atoms with Crippen LogP contribution in [0.3, 0.4) is 0 Å². The highest BCUT2D eigenvalue weighted by molar-refractivity contribution is 7.98. The minimum Gasteiger partial charge on any atom is -0.358 e. The summed E-state index contributed by atoms with van der Waals surface area (Å²) < 4.78 is 1.85. The van der Waals surface area contributed by atoms with Crippen LogP contribution in [0.25, 0.3) is 16.7 Å². The highest BCUT2D eigenvalue weighted by atomic mass is 35.5. The van der Waals surface area contributed by atoms with Crippen molar-refractivity contribution in [3.63, 3.8) is 0 Å². The van der Waals surface area contributed by atoms with Gasteiger partial charge in [0, 0.05) is 5.02 Å². The normalized spacial score (nSPS) is 12.1. The lowest BCUT2D eigenvalue weighted by Gasteiger charge is -2.21. The van der Waals surface area contributed by atoms with Crippen LogP contribution in [0.15, 0.2) is 96.3 Å². The van der Waals surface area contributed by atoms with E-state index in [4.69, 9.17) is 21.6 Å². The van der Waals surface area contributed by atoms with E-state index in [1.165, 1.54) is 11.8 Å². The molecule has 0 saturated carbocycles. The van der Waals surface area contributed by atoms with Crippen LogP contribution >= 0.6 is 23.4 Å². The number of rotatable bonds is 6. The Balaban J connectivity index is 1.64. The number of nitrogens with one attached hydrogen (secondary N) is 1. The van der Waals surface area contributed by atoms with E-state index >= 15 is 0 Å². The number of nitrogens with zero attached hydrogens (tertiary/aromatic N) is 4. The Hall–Kier alpha value is -3.35. The third-order valence-electron chi connectivity index (χ3n) is 5.21. The zero-order chi connectivity index (χ0) is 21.9. The van der Waals surface area contributed by atoms with Gasteiger partial charge in [-0.2, -0.15) is 5.10 Å². The number of hydrogen-bond donors (Lipinski definition) is 1. The van der Waals surface area contributed by atoms with Crippen molar-refractivity contribution in [2.45, 2.75) is 11.2 Å². The van der Waals surface area contributed by atoms with Gasteiger partial charge in [0.1, 0.15) is 5.82 Å². The van der Waals surface area contributed by atoms with Gasteiger partial charge in [-0.25, -0.2) is 14.6 Å². The summed E-state index contributed by atoms with van der Waals surface area (Å²) in [6.45, 7) is 0. The summed E-state index contributed by atoms with van der Waals surface area (Å²) in [5.74, 6) is 0.741. The third kappa shape index (κ3) is 4.07. The second kappa shape index (κ2) is 9.02. The number of para-hydroxylation sites is 1. The maximum atomic E-state index is 6.15. The molecule has 1 N–H and O–H groups in total. The minimum absolute atomic E-state index is 0.110. The molecule has 2 aromatic heterocycles. The molecule has 0 bridgehead atoms. The van der Waals surface area contributed by atoms with Crippen LogP contribution in [0, 0.1) is 0 Å². The van der Waals surface area contributed by atoms with Gasteiger partial charge in [0.25, 0.3) is 0 Å². The maximum Gasteiger partial charge on any atom is 0.191 e. The van der Waals surface area contributed by atoms with Crippen LogP contribution in [0.4, 0.5) is 5.82 Å². The standard InChI is InChI=1S/C25H20ClN5S/c1-32-25-29-23(21-16-27-31(24(21)30-25)20-10-6-3-7-11-20)28-22(17-8-4-2-5-9-17)18-12-14-19(26)15-13-18/h2-16,22H,1H3,(H,28,29,30). The fourth-order valence-corrected chi connectivity index (χ4v) is 4.13. The number of aromatic nitrogens is 4. The summed E-state index contributed by atoms with van der Waals surface area (Å²) in [4.78, 5) is 9.55. The lowest BCUT2D eigenvalue weighted by Crippen LogP contribution is -2.14. The summed E-state index contributed by atoms with van der Waals surface area (Å²) in [5, 5.41) is 10.5. The molecule has 0 aliphatic heterocycles. The molecule has 5 nitrogen and oxygen atoms in total. The average molecular weight is 458 g/mol. The third-order valence-corrected chi connectivity index (χ3v) is 6.01. The van der Waals surface area contributed by atoms with Gasteiger partial charge in [0.2, 0.25) is 0 Å². The van der Waals surface area contributed by atoms with Crippen molar-refractivity contribution in [1.29, 1.82) is 0 Å². The van der Waals surface area contributed by atoms with Crippen molar-refractivity contribution in [1.82, 2.24) is 19.7 Å². The van der Waals surface area contributed by atoms with E-state index in [-0.39, 0.29) is 6.04 Å². The molecule has 32 heavy (non-hydrogen) atoms. The van der Waals surface area contributed by atoms with E-state index in [1.54, 1.807) is 0 Å². The van der Waals surface area contributed by atoms with Crippen molar-refractivity contribution in [2.24, 2.45) is 0 Å². The predicted molar refractivity (Wildman–Crippen MR) is 132 cm³/mol. The first-order chi connectivity index (χ1) is 15.7. The topological polar surface area (TPSA) is 55.6 Å². The molecule has 5 rings (SSSR count). The van der Waals surface area contributed by atoms with Crippen LogP contribution in [-0.4, -0.2) is 26.0 Å². The second-order valence-corrected chi connectivity index (χ2v) is 8.44. The summed E-state index contributed by atoms with van der Waals surface area (Å²) >= 11 is 7.65. The van der Waals surface area contributed by atoms with E-state index < -0.39 is 0 Å². The molecule has 0 fully saturated rings. The Labute approximate surface area is 195 Å². The van der Waals surface area contributed by atoms with Gasteiger partial charge in [0.15, 0.2) is 10.8 Å². The van der Waals surface area contributed by atoms with Crippen molar-refractivity contribution in [2.75, 3.05) is 11.6 Å². The van der Waals surface area contributed by atoms with Gasteiger partial charge in [-0.05, 0) is 41.6 Å². The van der Waals surface area contributed by atoms with Crippen molar-refractivity contribution in [3.8, 4) is 5.69 Å². The fourth-order valence-electron chi connectivity index (χ4n) is 3.64. The molecule has 0 radical (unpaired) electrons. The highest BCUT2D eigenvalue weighted by Gasteiger charge is 2.19. The summed E-state index contributed by atoms with van der Waals surface area (Å²) in [6, 6.07) is 28.1. The van der Waals surface area contributed by atoms with Crippen molar-refractivity contribution < 1.29 is 0 Å². The molecule has 0 aliphatic rings. The zero-order valence-electron chi connectivity index (χ0n) is 17.3. The average Bonchev–Trinajstić information content (AvgIpc) is 3.28. The summed E-state index contributed by atoms with van der Waals surface area (Å²) in [7, 11) is 0. The van der Waals surface area contributed by atoms with Gasteiger partial charge in [-0.1, -0.05) is 84.0 Å². The van der Waals surface area contributed by atoms with Crippen molar-refractivity contribution in [3.05, 3.63) is 107 Å². The number of fused-ring (bicyclic) bond motifs is 1. The van der Waals surface area contributed by atoms with Crippen LogP contribution in [-0.2, 0) is 0 Å². The first-order valence-electron chi connectivity index (χ1n) is 10.1. The minimum atomic E-state index is -0.110. The quantitative estimate of drug-likeness (QED) is 0.236. The molecule has 7 heteroatoms. The summed E-state index contributed by atoms with van der Waals surface area (Å²) in [6.07, 6.45) is 3.79. The van der Waals surface area contributed by atoms with Gasteiger partial charge in [0.05, 0.1) is 23.3 Å². The number of benzene rings is 3. The first kappa shape index (κ1) is 20.5. The molecule has 0 spiro atoms. The van der Waals surface area contributed by atoms with Crippen LogP contribution in [0.1, 0.15) is 17.2 Å². The van der Waals surface area contributed by atoms with E-state index in [0.717, 1.165) is 33.7 Å². The van der Waals surface area contributed by atoms with Gasteiger partial charge < -0.3 is 5.32 Å². The van der Waals surface area contributed by atoms with E-state index in [0.29, 0.717) is 10.2 Å². The van der Waals surface area contributed by atoms with Crippen LogP contribution in [0.5, 0.6) is 0 Å². The molecule has 158 valence electrons. The smallest absolute Gasteiger partial charge is 0.191 e. The molecule has 0 amide bonds. The number of halogens is 1. The molecule has 3 aromatic carbocycles. The van der Waals surface area contributed by atoms with Crippen LogP contribution in [0.2, 0.25) is 5.02 Å². The monoisotopic (exact) mass is 457 g/mol. The SMILES string of the molecule is CSc1nc(NC(c2ccccc2)c2ccc(Cl)cc2)c2cnn(-c3ccccc3)c2n1. The molecule has 2 heterocycles. The predicted octanol–water partition coefficient (Wildman–Crippen LogP) is 6.39. The Morgan fingerprint density at radius 2 is 1.50 bits per heavy atom. The molecule has 1 unspecified atom stereocenters. The van der Waals surface area contributed by atoms with Gasteiger partial charge >= 0.3 is 0 Å². The number of thioether (sulfide) groups is 1. The number of hydrogen-bond acceptors (Lipinski definition) is 5. The molecule has 1 atom stereocenters. The Kier molecular flexibility index (Phi) is 5.79. The second-order valence-electron chi connectivity index (χ2n) is 7.23. The maximum absolute atomic E-state index is 6.15. The van der Waals surface area contributed by atoms with E-state index in [9.17, 15) is 0 Å². The highest BCUT2D eigenvalue weighted by Crippen LogP contribution is 2.31. The Morgan fingerprint density at radius 1 is 0.844 bits per heavy atom. The first-order valence-corrected chi connectivity index (χ1v) is 11.8. The summed E-state index contributed by atoms with van der Waals surface area (Å²) in [5.41, 5.74) is 3.94. The fraction of sp³-hybridized carbons (Fsp3) is 0.0800. The van der Waals surface area contributed by atoms with Gasteiger partial charge in [-0.15, -0.1) is 0 Å². The van der Waals surface area contributed by atoms with Crippen LogP contribution < -0.4 is 5.32 Å². The lowest BCUT2D eigenvalue weighted by atomic mass is 9.98. The van der Waals surface area contributed by atoms with E-state index in [1.807, 2.05) is 89.9 Å². The zero-order valence-corrected chi connectivity index (χ0v) is 18.9. The molecular weight excluding hydrogens is 438 g/mol. The Morgan fingerprint density at radius 3 is 2.19 bits per heavy atom. The van der Waals surface area contributed by atoms with Gasteiger partial charge in [-0.3, -0.25) is 0 Å². The molecule has 5 aromatic rings. The molecule has 0 saturated heterocycles. The number of anilines is 1. The molecule has 0 aliphatic carbocycles. The molecular formula is C25H20ClN5S. The van der Waals surface area contributed by atoms with Crippen molar-refractivity contribution >= 4 is 40.2 Å². The van der Waals surface area contributed by atoms with E-state index in [2.05, 4.69) is 22.5 Å². The lowest BCUT2D eigenvalue weighted by molar-refractivity contribution is 0.870. The Bertz CT molecular complexity index is 1340.